The number of nitrogens with zero attached hydrogens (tertiary/aromatic N) is 1. The first-order valence-electron chi connectivity index (χ1n) is 3.78. The van der Waals surface area contributed by atoms with Crippen LogP contribution in [-0.2, 0) is 4.79 Å². The molecule has 0 spiro atoms. The predicted octanol–water partition coefficient (Wildman–Crippen LogP) is -0.567. The van der Waals surface area contributed by atoms with Gasteiger partial charge in [0, 0.05) is 25.7 Å². The Kier molecular flexibility index (Phi) is 10.4. The van der Waals surface area contributed by atoms with Gasteiger partial charge in [0.1, 0.15) is 0 Å². The van der Waals surface area contributed by atoms with Crippen LogP contribution < -0.4 is 11.1 Å². The number of carbonyl (C=O) groups is 1. The van der Waals surface area contributed by atoms with Gasteiger partial charge >= 0.3 is 0 Å². The molecule has 5 heteroatoms. The van der Waals surface area contributed by atoms with Crippen LogP contribution in [0.25, 0.3) is 0 Å². The fourth-order valence-corrected chi connectivity index (χ4v) is 0.943. The maximum atomic E-state index is 8.58. The van der Waals surface area contributed by atoms with Crippen LogP contribution in [0.3, 0.4) is 0 Å². The van der Waals surface area contributed by atoms with E-state index in [0.29, 0.717) is 0 Å². The summed E-state index contributed by atoms with van der Waals surface area (Å²) in [6.07, 6.45) is 0.250. The molecule has 3 N–H and O–H groups in total. The van der Waals surface area contributed by atoms with Gasteiger partial charge in [-0.1, -0.05) is 0 Å². The monoisotopic (exact) mass is 195 g/mol. The van der Waals surface area contributed by atoms with Crippen LogP contribution in [0.15, 0.2) is 0 Å². The van der Waals surface area contributed by atoms with Crippen molar-refractivity contribution in [1.82, 2.24) is 10.2 Å². The van der Waals surface area contributed by atoms with Gasteiger partial charge in [-0.3, -0.25) is 4.79 Å². The summed E-state index contributed by atoms with van der Waals surface area (Å²) < 4.78 is 0. The summed E-state index contributed by atoms with van der Waals surface area (Å²) >= 11 is 0. The number of piperazine rings is 1. The number of likely N-dealkylation sites (N-methyl/N-ethyl adjacent to an activating group) is 1. The number of primary amides is 1. The van der Waals surface area contributed by atoms with Gasteiger partial charge in [-0.15, -0.1) is 12.4 Å². The molecule has 1 saturated heterocycles. The molecule has 1 aliphatic heterocycles. The number of carbonyl (C=O) groups excluding carboxylic acids is 1. The summed E-state index contributed by atoms with van der Waals surface area (Å²) in [4.78, 5) is 11.0. The molecule has 0 bridgehead atoms. The van der Waals surface area contributed by atoms with E-state index in [4.69, 9.17) is 4.79 Å². The van der Waals surface area contributed by atoms with Gasteiger partial charge in [0.25, 0.3) is 0 Å². The zero-order valence-electron chi connectivity index (χ0n) is 7.62. The van der Waals surface area contributed by atoms with Gasteiger partial charge in [0.15, 0.2) is 0 Å². The second-order valence-electron chi connectivity index (χ2n) is 2.67. The van der Waals surface area contributed by atoms with E-state index >= 15 is 0 Å². The van der Waals surface area contributed by atoms with Gasteiger partial charge in [-0.2, -0.15) is 0 Å². The molecule has 0 radical (unpaired) electrons. The van der Waals surface area contributed by atoms with E-state index in [1.54, 1.807) is 0 Å². The van der Waals surface area contributed by atoms with Crippen molar-refractivity contribution in [1.29, 1.82) is 0 Å². The Morgan fingerprint density at radius 3 is 2.42 bits per heavy atom. The van der Waals surface area contributed by atoms with Gasteiger partial charge in [0.05, 0.1) is 0 Å². The Labute approximate surface area is 79.9 Å². The van der Waals surface area contributed by atoms with E-state index < -0.39 is 0 Å². The largest absolute Gasteiger partial charge is 0.372 e. The standard InChI is InChI=1S/C6H14N2.CH3NO.ClH/c1-6-5-7-3-4-8(6)2;2-1-3;/h6-7H,3-5H2,1-2H3;1H,(H2,2,3);1H. The minimum atomic E-state index is 0. The molecule has 4 nitrogen and oxygen atoms in total. The van der Waals surface area contributed by atoms with Crippen molar-refractivity contribution in [2.45, 2.75) is 13.0 Å². The Morgan fingerprint density at radius 1 is 1.67 bits per heavy atom. The maximum absolute atomic E-state index is 8.58. The van der Waals surface area contributed by atoms with Gasteiger partial charge in [-0.05, 0) is 14.0 Å². The first kappa shape index (κ1) is 14.2. The molecule has 1 amide bonds. The minimum Gasteiger partial charge on any atom is -0.372 e. The third kappa shape index (κ3) is 6.39. The van der Waals surface area contributed by atoms with Crippen molar-refractivity contribution >= 4 is 18.8 Å². The van der Waals surface area contributed by atoms with Crippen LogP contribution in [0.2, 0.25) is 0 Å². The van der Waals surface area contributed by atoms with E-state index in [2.05, 4.69) is 29.9 Å². The molecule has 1 fully saturated rings. The molecular weight excluding hydrogens is 178 g/mol. The van der Waals surface area contributed by atoms with Crippen molar-refractivity contribution in [3.63, 3.8) is 0 Å². The number of nitrogens with two attached hydrogens (primary N) is 1. The molecule has 0 aromatic rings. The van der Waals surface area contributed by atoms with Crippen LogP contribution in [0, 0.1) is 0 Å². The van der Waals surface area contributed by atoms with E-state index in [0.717, 1.165) is 19.1 Å². The molecule has 1 aliphatic rings. The van der Waals surface area contributed by atoms with Crippen LogP contribution in [0.4, 0.5) is 0 Å². The molecule has 1 unspecified atom stereocenters. The first-order chi connectivity index (χ1) is 5.22. The topological polar surface area (TPSA) is 58.4 Å². The molecule has 1 rings (SSSR count). The number of rotatable bonds is 0. The van der Waals surface area contributed by atoms with Gasteiger partial charge in [-0.25, -0.2) is 0 Å². The van der Waals surface area contributed by atoms with Gasteiger partial charge < -0.3 is 16.0 Å². The van der Waals surface area contributed by atoms with Crippen molar-refractivity contribution in [3.05, 3.63) is 0 Å². The highest BCUT2D eigenvalue weighted by atomic mass is 35.5. The third-order valence-electron chi connectivity index (χ3n) is 1.83. The summed E-state index contributed by atoms with van der Waals surface area (Å²) in [5.74, 6) is 0. The number of halogens is 1. The lowest BCUT2D eigenvalue weighted by Crippen LogP contribution is -2.47. The Morgan fingerprint density at radius 2 is 2.17 bits per heavy atom. The molecule has 0 aliphatic carbocycles. The summed E-state index contributed by atoms with van der Waals surface area (Å²) in [6.45, 7) is 5.74. The fraction of sp³-hybridized carbons (Fsp3) is 0.857. The zero-order chi connectivity index (χ0) is 8.69. The van der Waals surface area contributed by atoms with Gasteiger partial charge in [0.2, 0.25) is 6.41 Å². The van der Waals surface area contributed by atoms with E-state index in [1.807, 2.05) is 0 Å². The highest BCUT2D eigenvalue weighted by Gasteiger charge is 2.11. The van der Waals surface area contributed by atoms with Crippen molar-refractivity contribution in [3.8, 4) is 0 Å². The first-order valence-corrected chi connectivity index (χ1v) is 3.78. The molecular formula is C7H18ClN3O. The third-order valence-corrected chi connectivity index (χ3v) is 1.83. The predicted molar refractivity (Wildman–Crippen MR) is 52.5 cm³/mol. The Bertz CT molecular complexity index is 103. The molecule has 74 valence electrons. The van der Waals surface area contributed by atoms with Crippen molar-refractivity contribution < 1.29 is 4.79 Å². The molecule has 1 atom stereocenters. The Hall–Kier alpha value is -0.320. The smallest absolute Gasteiger partial charge is 0.204 e. The number of hydrogen-bond acceptors (Lipinski definition) is 3. The molecule has 0 saturated carbocycles. The average molecular weight is 196 g/mol. The quantitative estimate of drug-likeness (QED) is 0.510. The highest BCUT2D eigenvalue weighted by Crippen LogP contribution is 1.95. The van der Waals surface area contributed by atoms with Crippen molar-refractivity contribution in [2.75, 3.05) is 26.7 Å². The summed E-state index contributed by atoms with van der Waals surface area (Å²) in [5, 5.41) is 3.32. The lowest BCUT2D eigenvalue weighted by atomic mass is 10.2. The zero-order valence-corrected chi connectivity index (χ0v) is 8.43. The van der Waals surface area contributed by atoms with Crippen LogP contribution >= 0.6 is 12.4 Å². The SMILES string of the molecule is CC1CNCCN1C.Cl.NC=O. The Balaban J connectivity index is 0. The van der Waals surface area contributed by atoms with E-state index in [-0.39, 0.29) is 18.8 Å². The van der Waals surface area contributed by atoms with Crippen molar-refractivity contribution in [2.24, 2.45) is 5.73 Å². The minimum absolute atomic E-state index is 0. The maximum Gasteiger partial charge on any atom is 0.204 e. The van der Waals surface area contributed by atoms with E-state index in [9.17, 15) is 0 Å². The molecule has 1 heterocycles. The highest BCUT2D eigenvalue weighted by molar-refractivity contribution is 5.85. The molecule has 0 aromatic heterocycles. The summed E-state index contributed by atoms with van der Waals surface area (Å²) in [5.41, 5.74) is 4.17. The fourth-order valence-electron chi connectivity index (χ4n) is 0.943. The summed E-state index contributed by atoms with van der Waals surface area (Å²) in [7, 11) is 2.17. The van der Waals surface area contributed by atoms with Crippen LogP contribution in [0.1, 0.15) is 6.92 Å². The lowest BCUT2D eigenvalue weighted by molar-refractivity contribution is -0.106. The second-order valence-corrected chi connectivity index (χ2v) is 2.67. The van der Waals surface area contributed by atoms with Crippen LogP contribution in [0.5, 0.6) is 0 Å². The van der Waals surface area contributed by atoms with Crippen LogP contribution in [-0.4, -0.2) is 44.0 Å². The molecule has 0 aromatic carbocycles. The molecule has 12 heavy (non-hydrogen) atoms. The number of nitrogens with one attached hydrogen (secondary N) is 1. The number of hydrogen-bond donors (Lipinski definition) is 2. The lowest BCUT2D eigenvalue weighted by Gasteiger charge is -2.29. The number of amides is 1. The second kappa shape index (κ2) is 8.77. The van der Waals surface area contributed by atoms with E-state index in [1.165, 1.54) is 6.54 Å². The average Bonchev–Trinajstić information content (AvgIpc) is 1.97. The normalized spacial score (nSPS) is 23.0. The summed E-state index contributed by atoms with van der Waals surface area (Å²) in [6, 6.07) is 0.726.